The summed E-state index contributed by atoms with van der Waals surface area (Å²) in [5.41, 5.74) is 5.53. The summed E-state index contributed by atoms with van der Waals surface area (Å²) in [5, 5.41) is 0.687. The van der Waals surface area contributed by atoms with E-state index in [1.54, 1.807) is 6.20 Å². The molecule has 1 unspecified atom stereocenters. The molecule has 0 amide bonds. The Hall–Kier alpha value is -0.190. The zero-order chi connectivity index (χ0) is 10.6. The maximum atomic E-state index is 5.87. The van der Waals surface area contributed by atoms with Gasteiger partial charge < -0.3 is 10.3 Å². The summed E-state index contributed by atoms with van der Waals surface area (Å²) in [4.78, 5) is 4.22. The van der Waals surface area contributed by atoms with Crippen molar-refractivity contribution in [2.45, 2.75) is 12.7 Å². The molecular weight excluding hydrogens is 218 g/mol. The van der Waals surface area contributed by atoms with Crippen molar-refractivity contribution >= 4 is 23.4 Å². The molecule has 2 N–H and O–H groups in total. The van der Waals surface area contributed by atoms with Gasteiger partial charge in [-0.1, -0.05) is 18.5 Å². The van der Waals surface area contributed by atoms with E-state index >= 15 is 0 Å². The van der Waals surface area contributed by atoms with E-state index in [1.807, 2.05) is 23.4 Å². The maximum Gasteiger partial charge on any atom is 0.128 e. The number of nitrogens with two attached hydrogens (primary N) is 1. The topological polar surface area (TPSA) is 43.8 Å². The molecule has 14 heavy (non-hydrogen) atoms. The minimum absolute atomic E-state index is 0.566. The van der Waals surface area contributed by atoms with Crippen molar-refractivity contribution in [1.82, 2.24) is 9.55 Å². The van der Waals surface area contributed by atoms with E-state index in [1.165, 1.54) is 0 Å². The van der Waals surface area contributed by atoms with E-state index < -0.39 is 0 Å². The van der Waals surface area contributed by atoms with Crippen LogP contribution in [0.1, 0.15) is 12.7 Å². The van der Waals surface area contributed by atoms with Gasteiger partial charge in [0.2, 0.25) is 0 Å². The lowest BCUT2D eigenvalue weighted by atomic mass is 10.2. The van der Waals surface area contributed by atoms with Crippen LogP contribution in [0, 0.1) is 5.92 Å². The van der Waals surface area contributed by atoms with Crippen LogP contribution in [-0.2, 0) is 12.8 Å². The Kier molecular flexibility index (Phi) is 4.78. The van der Waals surface area contributed by atoms with Crippen molar-refractivity contribution < 1.29 is 0 Å². The third-order valence-corrected chi connectivity index (χ3v) is 3.68. The first-order valence-corrected chi connectivity index (χ1v) is 6.12. The van der Waals surface area contributed by atoms with E-state index in [0.29, 0.717) is 11.1 Å². The lowest BCUT2D eigenvalue weighted by Gasteiger charge is -2.07. The van der Waals surface area contributed by atoms with Crippen molar-refractivity contribution in [3.63, 3.8) is 0 Å². The molecule has 0 saturated heterocycles. The number of rotatable bonds is 5. The van der Waals surface area contributed by atoms with Gasteiger partial charge in [0.05, 0.1) is 11.9 Å². The molecule has 1 aromatic heterocycles. The van der Waals surface area contributed by atoms with Gasteiger partial charge in [-0.3, -0.25) is 0 Å². The summed E-state index contributed by atoms with van der Waals surface area (Å²) in [5.74, 6) is 3.55. The molecule has 0 aliphatic rings. The molecule has 5 heteroatoms. The van der Waals surface area contributed by atoms with E-state index in [-0.39, 0.29) is 0 Å². The highest BCUT2D eigenvalue weighted by molar-refractivity contribution is 7.98. The van der Waals surface area contributed by atoms with Crippen molar-refractivity contribution in [3.8, 4) is 0 Å². The molecule has 1 atom stereocenters. The SMILES string of the molecule is CC(CN)CSCc1ncc(Cl)n1C. The van der Waals surface area contributed by atoms with Gasteiger partial charge in [-0.15, -0.1) is 0 Å². The largest absolute Gasteiger partial charge is 0.330 e. The molecule has 0 bridgehead atoms. The van der Waals surface area contributed by atoms with E-state index in [4.69, 9.17) is 17.3 Å². The zero-order valence-corrected chi connectivity index (χ0v) is 10.1. The van der Waals surface area contributed by atoms with Crippen molar-refractivity contribution in [2.75, 3.05) is 12.3 Å². The van der Waals surface area contributed by atoms with Crippen LogP contribution in [0.2, 0.25) is 5.15 Å². The van der Waals surface area contributed by atoms with Gasteiger partial charge in [0.15, 0.2) is 0 Å². The van der Waals surface area contributed by atoms with Crippen LogP contribution < -0.4 is 5.73 Å². The number of thioether (sulfide) groups is 1. The summed E-state index contributed by atoms with van der Waals surface area (Å²) in [6.45, 7) is 2.90. The zero-order valence-electron chi connectivity index (χ0n) is 8.53. The number of nitrogens with zero attached hydrogens (tertiary/aromatic N) is 2. The van der Waals surface area contributed by atoms with Crippen LogP contribution in [-0.4, -0.2) is 21.8 Å². The summed E-state index contributed by atoms with van der Waals surface area (Å²) in [7, 11) is 1.93. The lowest BCUT2D eigenvalue weighted by Crippen LogP contribution is -2.13. The molecule has 0 radical (unpaired) electrons. The standard InChI is InChI=1S/C9H16ClN3S/c1-7(3-11)5-14-6-9-12-4-8(10)13(9)2/h4,7H,3,5-6,11H2,1-2H3. The Morgan fingerprint density at radius 2 is 2.43 bits per heavy atom. The number of aromatic nitrogens is 2. The lowest BCUT2D eigenvalue weighted by molar-refractivity contribution is 0.675. The second-order valence-electron chi connectivity index (χ2n) is 3.41. The first kappa shape index (κ1) is 11.9. The van der Waals surface area contributed by atoms with Gasteiger partial charge in [-0.2, -0.15) is 11.8 Å². The van der Waals surface area contributed by atoms with E-state index in [0.717, 1.165) is 23.9 Å². The fourth-order valence-corrected chi connectivity index (χ4v) is 2.23. The third kappa shape index (κ3) is 3.19. The molecule has 0 aliphatic carbocycles. The van der Waals surface area contributed by atoms with E-state index in [9.17, 15) is 0 Å². The summed E-state index contributed by atoms with van der Waals surface area (Å²) < 4.78 is 1.90. The van der Waals surface area contributed by atoms with Crippen LogP contribution in [0.15, 0.2) is 6.20 Å². The molecule has 0 aromatic carbocycles. The Morgan fingerprint density at radius 3 is 2.93 bits per heavy atom. The Morgan fingerprint density at radius 1 is 1.71 bits per heavy atom. The van der Waals surface area contributed by atoms with Crippen LogP contribution >= 0.6 is 23.4 Å². The second-order valence-corrected chi connectivity index (χ2v) is 4.83. The molecule has 1 heterocycles. The minimum atomic E-state index is 0.566. The van der Waals surface area contributed by atoms with Gasteiger partial charge in [0.1, 0.15) is 11.0 Å². The average Bonchev–Trinajstić information content (AvgIpc) is 2.49. The smallest absolute Gasteiger partial charge is 0.128 e. The normalized spacial score (nSPS) is 13.1. The van der Waals surface area contributed by atoms with Crippen LogP contribution in [0.5, 0.6) is 0 Å². The Bertz CT molecular complexity index is 288. The number of hydrogen-bond donors (Lipinski definition) is 1. The van der Waals surface area contributed by atoms with Crippen LogP contribution in [0.3, 0.4) is 0 Å². The first-order chi connectivity index (χ1) is 6.65. The average molecular weight is 234 g/mol. The van der Waals surface area contributed by atoms with E-state index in [2.05, 4.69) is 11.9 Å². The highest BCUT2D eigenvalue weighted by Gasteiger charge is 2.05. The maximum absolute atomic E-state index is 5.87. The molecule has 0 aliphatic heterocycles. The molecule has 80 valence electrons. The summed E-state index contributed by atoms with van der Waals surface area (Å²) in [6, 6.07) is 0. The van der Waals surface area contributed by atoms with Crippen molar-refractivity contribution in [3.05, 3.63) is 17.2 Å². The quantitative estimate of drug-likeness (QED) is 0.845. The number of halogens is 1. The van der Waals surface area contributed by atoms with Crippen molar-refractivity contribution in [2.24, 2.45) is 18.7 Å². The molecule has 3 nitrogen and oxygen atoms in total. The fourth-order valence-electron chi connectivity index (χ4n) is 0.978. The highest BCUT2D eigenvalue weighted by atomic mass is 35.5. The predicted octanol–water partition coefficient (Wildman–Crippen LogP) is 1.90. The van der Waals surface area contributed by atoms with Gasteiger partial charge in [0, 0.05) is 7.05 Å². The molecular formula is C9H16ClN3S. The molecule has 1 aromatic rings. The molecule has 0 fully saturated rings. The first-order valence-electron chi connectivity index (χ1n) is 4.59. The van der Waals surface area contributed by atoms with Crippen LogP contribution in [0.4, 0.5) is 0 Å². The molecule has 0 spiro atoms. The number of hydrogen-bond acceptors (Lipinski definition) is 3. The van der Waals surface area contributed by atoms with Gasteiger partial charge in [-0.05, 0) is 18.2 Å². The second kappa shape index (κ2) is 5.63. The Labute approximate surface area is 94.0 Å². The Balaban J connectivity index is 2.35. The number of imidazole rings is 1. The van der Waals surface area contributed by atoms with Crippen LogP contribution in [0.25, 0.3) is 0 Å². The van der Waals surface area contributed by atoms with Gasteiger partial charge in [-0.25, -0.2) is 4.98 Å². The van der Waals surface area contributed by atoms with Crippen molar-refractivity contribution in [1.29, 1.82) is 0 Å². The van der Waals surface area contributed by atoms with Gasteiger partial charge in [0.25, 0.3) is 0 Å². The molecule has 0 saturated carbocycles. The van der Waals surface area contributed by atoms with Gasteiger partial charge >= 0.3 is 0 Å². The molecule has 1 rings (SSSR count). The highest BCUT2D eigenvalue weighted by Crippen LogP contribution is 2.16. The minimum Gasteiger partial charge on any atom is -0.330 e. The third-order valence-electron chi connectivity index (χ3n) is 2.06. The predicted molar refractivity (Wildman–Crippen MR) is 62.6 cm³/mol. The summed E-state index contributed by atoms with van der Waals surface area (Å²) in [6.07, 6.45) is 1.68. The fraction of sp³-hybridized carbons (Fsp3) is 0.667. The summed E-state index contributed by atoms with van der Waals surface area (Å²) >= 11 is 7.71. The monoisotopic (exact) mass is 233 g/mol.